The highest BCUT2D eigenvalue weighted by molar-refractivity contribution is 7.99. The number of halogens is 3. The summed E-state index contributed by atoms with van der Waals surface area (Å²) < 4.78 is 4.10. The zero-order chi connectivity index (χ0) is 23.7. The highest BCUT2D eigenvalue weighted by Gasteiger charge is 2.20. The smallest absolute Gasteiger partial charge is 0.196 e. The van der Waals surface area contributed by atoms with Gasteiger partial charge in [-0.3, -0.25) is 4.57 Å². The molecule has 0 unspecified atom stereocenters. The minimum absolute atomic E-state index is 0.545. The van der Waals surface area contributed by atoms with E-state index in [1.165, 1.54) is 15.8 Å². The Morgan fingerprint density at radius 3 is 2.26 bits per heavy atom. The van der Waals surface area contributed by atoms with Gasteiger partial charge in [-0.15, -0.1) is 22.0 Å². The Morgan fingerprint density at radius 1 is 0.765 bits per heavy atom. The van der Waals surface area contributed by atoms with Crippen LogP contribution in [0.1, 0.15) is 11.4 Å². The average molecular weight is 546 g/mol. The van der Waals surface area contributed by atoms with E-state index in [0.29, 0.717) is 32.4 Å². The first-order valence-corrected chi connectivity index (χ1v) is 13.5. The molecule has 0 atom stereocenters. The van der Waals surface area contributed by atoms with Gasteiger partial charge in [0.25, 0.3) is 0 Å². The number of fused-ring (bicyclic) bond motifs is 1. The number of aromatic nitrogens is 4. The van der Waals surface area contributed by atoms with Gasteiger partial charge in [-0.2, -0.15) is 0 Å². The first-order chi connectivity index (χ1) is 16.5. The molecule has 0 aliphatic rings. The van der Waals surface area contributed by atoms with E-state index in [2.05, 4.69) is 52.3 Å². The number of benzene rings is 3. The first-order valence-electron chi connectivity index (χ1n) is 10.4. The fourth-order valence-electron chi connectivity index (χ4n) is 3.73. The molecule has 4 nitrogen and oxygen atoms in total. The number of thioether (sulfide) groups is 2. The summed E-state index contributed by atoms with van der Waals surface area (Å²) in [5.41, 5.74) is 2.91. The lowest BCUT2D eigenvalue weighted by atomic mass is 10.2. The maximum atomic E-state index is 6.60. The van der Waals surface area contributed by atoms with Gasteiger partial charge in [0.1, 0.15) is 5.82 Å². The Morgan fingerprint density at radius 2 is 1.47 bits per heavy atom. The highest BCUT2D eigenvalue weighted by Crippen LogP contribution is 2.37. The van der Waals surface area contributed by atoms with E-state index in [1.54, 1.807) is 23.5 Å². The van der Waals surface area contributed by atoms with Crippen LogP contribution in [0.3, 0.4) is 0 Å². The molecular weight excluding hydrogens is 527 g/mol. The summed E-state index contributed by atoms with van der Waals surface area (Å²) in [7, 11) is 2.06. The lowest BCUT2D eigenvalue weighted by molar-refractivity contribution is 0.864. The minimum Gasteiger partial charge on any atom is -0.349 e. The molecule has 2 aromatic heterocycles. The molecule has 3 aromatic carbocycles. The van der Waals surface area contributed by atoms with Crippen molar-refractivity contribution in [3.63, 3.8) is 0 Å². The van der Waals surface area contributed by atoms with E-state index < -0.39 is 0 Å². The average Bonchev–Trinajstić information content (AvgIpc) is 3.38. The van der Waals surface area contributed by atoms with E-state index in [0.717, 1.165) is 16.4 Å². The molecule has 0 N–H and O–H groups in total. The van der Waals surface area contributed by atoms with Crippen molar-refractivity contribution >= 4 is 69.2 Å². The largest absolute Gasteiger partial charge is 0.349 e. The van der Waals surface area contributed by atoms with E-state index >= 15 is 0 Å². The van der Waals surface area contributed by atoms with E-state index in [-0.39, 0.29) is 0 Å². The molecule has 0 fully saturated rings. The van der Waals surface area contributed by atoms with Crippen molar-refractivity contribution in [2.45, 2.75) is 21.6 Å². The molecule has 0 bridgehead atoms. The van der Waals surface area contributed by atoms with Gasteiger partial charge in [0, 0.05) is 39.8 Å². The van der Waals surface area contributed by atoms with Gasteiger partial charge >= 0.3 is 0 Å². The SMILES string of the molecule is Cn1cc(SCc2nnc(SCc3ccccc3Cl)n2-c2c(Cl)cccc2Cl)c2ccccc21. The van der Waals surface area contributed by atoms with Gasteiger partial charge in [0.2, 0.25) is 0 Å². The molecule has 9 heteroatoms. The third-order valence-corrected chi connectivity index (χ3v) is 8.39. The fraction of sp³-hybridized carbons (Fsp3) is 0.120. The van der Waals surface area contributed by atoms with E-state index in [4.69, 9.17) is 34.8 Å². The molecule has 0 aliphatic heterocycles. The summed E-state index contributed by atoms with van der Waals surface area (Å²) in [5, 5.41) is 12.8. The summed E-state index contributed by atoms with van der Waals surface area (Å²) >= 11 is 22.8. The van der Waals surface area contributed by atoms with Crippen LogP contribution in [0.5, 0.6) is 0 Å². The summed E-state index contributed by atoms with van der Waals surface area (Å²) in [6, 6.07) is 21.6. The zero-order valence-electron chi connectivity index (χ0n) is 18.1. The van der Waals surface area contributed by atoms with Crippen molar-refractivity contribution < 1.29 is 0 Å². The van der Waals surface area contributed by atoms with Crippen molar-refractivity contribution in [3.05, 3.63) is 99.4 Å². The number of hydrogen-bond acceptors (Lipinski definition) is 4. The maximum Gasteiger partial charge on any atom is 0.196 e. The normalized spacial score (nSPS) is 11.4. The lowest BCUT2D eigenvalue weighted by Crippen LogP contribution is -2.04. The van der Waals surface area contributed by atoms with E-state index in [1.807, 2.05) is 47.0 Å². The molecule has 0 saturated heterocycles. The highest BCUT2D eigenvalue weighted by atomic mass is 35.5. The van der Waals surface area contributed by atoms with Gasteiger partial charge in [-0.25, -0.2) is 0 Å². The summed E-state index contributed by atoms with van der Waals surface area (Å²) in [6.07, 6.45) is 2.14. The van der Waals surface area contributed by atoms with Crippen LogP contribution in [0.25, 0.3) is 16.6 Å². The van der Waals surface area contributed by atoms with Crippen molar-refractivity contribution in [2.24, 2.45) is 7.05 Å². The van der Waals surface area contributed by atoms with E-state index in [9.17, 15) is 0 Å². The Hall–Kier alpha value is -2.09. The molecule has 5 rings (SSSR count). The van der Waals surface area contributed by atoms with Crippen molar-refractivity contribution in [2.75, 3.05) is 0 Å². The third-order valence-electron chi connectivity index (χ3n) is 5.39. The van der Waals surface area contributed by atoms with Gasteiger partial charge < -0.3 is 4.57 Å². The quantitative estimate of drug-likeness (QED) is 0.193. The zero-order valence-corrected chi connectivity index (χ0v) is 22.0. The fourth-order valence-corrected chi connectivity index (χ4v) is 6.58. The van der Waals surface area contributed by atoms with Crippen LogP contribution in [0.4, 0.5) is 0 Å². The van der Waals surface area contributed by atoms with Crippen molar-refractivity contribution in [3.8, 4) is 5.69 Å². The Balaban J connectivity index is 1.50. The molecule has 5 aromatic rings. The predicted octanol–water partition coefficient (Wildman–Crippen LogP) is 8.30. The number of para-hydroxylation sites is 2. The van der Waals surface area contributed by atoms with Crippen LogP contribution in [-0.4, -0.2) is 19.3 Å². The maximum absolute atomic E-state index is 6.60. The van der Waals surface area contributed by atoms with Crippen molar-refractivity contribution in [1.29, 1.82) is 0 Å². The Bertz CT molecular complexity index is 1460. The molecule has 0 saturated carbocycles. The van der Waals surface area contributed by atoms with Gasteiger partial charge in [0.15, 0.2) is 5.16 Å². The standard InChI is InChI=1S/C25H19Cl3N4S2/c1-31-13-22(17-8-3-5-12-21(17)31)33-15-23-29-30-25(34-14-16-7-2-4-9-18(16)26)32(23)24-19(27)10-6-11-20(24)28/h2-13H,14-15H2,1H3. The number of rotatable bonds is 7. The molecule has 2 heterocycles. The van der Waals surface area contributed by atoms with Crippen LogP contribution in [-0.2, 0) is 18.6 Å². The second-order valence-electron chi connectivity index (χ2n) is 7.59. The number of nitrogens with zero attached hydrogens (tertiary/aromatic N) is 4. The van der Waals surface area contributed by atoms with Gasteiger partial charge in [-0.1, -0.05) is 89.0 Å². The molecule has 0 radical (unpaired) electrons. The Labute approximate surface area is 221 Å². The van der Waals surface area contributed by atoms with Crippen molar-refractivity contribution in [1.82, 2.24) is 19.3 Å². The van der Waals surface area contributed by atoms with Gasteiger partial charge in [-0.05, 0) is 29.8 Å². The summed E-state index contributed by atoms with van der Waals surface area (Å²) in [6.45, 7) is 0. The predicted molar refractivity (Wildman–Crippen MR) is 145 cm³/mol. The van der Waals surface area contributed by atoms with Crippen LogP contribution in [0.15, 0.2) is 83.0 Å². The van der Waals surface area contributed by atoms with Gasteiger partial charge in [0.05, 0.1) is 21.5 Å². The molecule has 0 aliphatic carbocycles. The first kappa shape index (κ1) is 23.6. The minimum atomic E-state index is 0.545. The molecule has 34 heavy (non-hydrogen) atoms. The van der Waals surface area contributed by atoms with Crippen LogP contribution < -0.4 is 0 Å². The Kier molecular flexibility index (Phi) is 7.14. The lowest BCUT2D eigenvalue weighted by Gasteiger charge is -2.13. The molecule has 0 amide bonds. The summed E-state index contributed by atoms with van der Waals surface area (Å²) in [4.78, 5) is 1.18. The molecular formula is C25H19Cl3N4S2. The van der Waals surface area contributed by atoms with Crippen LogP contribution in [0, 0.1) is 0 Å². The third kappa shape index (κ3) is 4.70. The molecule has 172 valence electrons. The topological polar surface area (TPSA) is 35.6 Å². The number of aryl methyl sites for hydroxylation is 1. The monoisotopic (exact) mass is 544 g/mol. The number of hydrogen-bond donors (Lipinski definition) is 0. The van der Waals surface area contributed by atoms with Crippen LogP contribution >= 0.6 is 58.3 Å². The summed E-state index contributed by atoms with van der Waals surface area (Å²) in [5.74, 6) is 2.03. The van der Waals surface area contributed by atoms with Crippen LogP contribution in [0.2, 0.25) is 15.1 Å². The molecule has 0 spiro atoms. The second-order valence-corrected chi connectivity index (χ2v) is 10.8. The second kappa shape index (κ2) is 10.3.